The van der Waals surface area contributed by atoms with Crippen LogP contribution in [0.4, 0.5) is 0 Å². The molecule has 0 radical (unpaired) electrons. The Balaban J connectivity index is 2.39. The second-order valence-electron chi connectivity index (χ2n) is 4.86. The molecule has 4 nitrogen and oxygen atoms in total. The molecule has 0 spiro atoms. The minimum atomic E-state index is -0.373. The van der Waals surface area contributed by atoms with Gasteiger partial charge in [0, 0.05) is 14.2 Å². The zero-order valence-electron chi connectivity index (χ0n) is 13.4. The van der Waals surface area contributed by atoms with E-state index in [1.165, 1.54) is 0 Å². The number of hydrogen-bond donors (Lipinski definition) is 0. The molecule has 0 unspecified atom stereocenters. The normalized spacial score (nSPS) is 11.0. The molecule has 0 saturated carbocycles. The summed E-state index contributed by atoms with van der Waals surface area (Å²) in [6, 6.07) is 15.9. The van der Waals surface area contributed by atoms with Gasteiger partial charge in [-0.05, 0) is 35.4 Å². The largest absolute Gasteiger partial charge is 0.497 e. The Kier molecular flexibility index (Phi) is 5.81. The first kappa shape index (κ1) is 16.3. The summed E-state index contributed by atoms with van der Waals surface area (Å²) in [5.41, 5.74) is 2.19. The van der Waals surface area contributed by atoms with Gasteiger partial charge in [-0.2, -0.15) is 0 Å². The maximum Gasteiger partial charge on any atom is 0.167 e. The van der Waals surface area contributed by atoms with Gasteiger partial charge in [-0.1, -0.05) is 24.3 Å². The van der Waals surface area contributed by atoms with Crippen molar-refractivity contribution in [3.63, 3.8) is 0 Å². The van der Waals surface area contributed by atoms with Crippen LogP contribution in [0.1, 0.15) is 17.0 Å². The summed E-state index contributed by atoms with van der Waals surface area (Å²) in [4.78, 5) is 0. The fourth-order valence-corrected chi connectivity index (χ4v) is 2.50. The van der Waals surface area contributed by atoms with Crippen LogP contribution in [0.15, 0.2) is 48.5 Å². The quantitative estimate of drug-likeness (QED) is 0.734. The van der Waals surface area contributed by atoms with Crippen molar-refractivity contribution >= 4 is 0 Å². The van der Waals surface area contributed by atoms with Crippen molar-refractivity contribution < 1.29 is 18.9 Å². The molecule has 0 aromatic heterocycles. The molecular weight excluding hydrogens is 280 g/mol. The van der Waals surface area contributed by atoms with Gasteiger partial charge < -0.3 is 18.9 Å². The van der Waals surface area contributed by atoms with Crippen LogP contribution in [0.5, 0.6) is 11.5 Å². The molecule has 0 aliphatic heterocycles. The van der Waals surface area contributed by atoms with Gasteiger partial charge in [0.15, 0.2) is 6.29 Å². The van der Waals surface area contributed by atoms with Crippen LogP contribution in [0.25, 0.3) is 0 Å². The predicted octanol–water partition coefficient (Wildman–Crippen LogP) is 3.45. The molecule has 2 aromatic carbocycles. The van der Waals surface area contributed by atoms with Gasteiger partial charge in [0.2, 0.25) is 0 Å². The molecule has 118 valence electrons. The molecule has 0 saturated heterocycles. The van der Waals surface area contributed by atoms with Crippen LogP contribution in [-0.4, -0.2) is 34.7 Å². The first-order valence-corrected chi connectivity index (χ1v) is 7.07. The number of hydrogen-bond acceptors (Lipinski definition) is 4. The van der Waals surface area contributed by atoms with Crippen molar-refractivity contribution in [1.29, 1.82) is 0 Å². The second-order valence-corrected chi connectivity index (χ2v) is 4.86. The fourth-order valence-electron chi connectivity index (χ4n) is 2.50. The summed E-state index contributed by atoms with van der Waals surface area (Å²) >= 11 is 0. The van der Waals surface area contributed by atoms with Crippen LogP contribution >= 0.6 is 0 Å². The third-order valence-electron chi connectivity index (χ3n) is 3.69. The third-order valence-corrected chi connectivity index (χ3v) is 3.69. The van der Waals surface area contributed by atoms with E-state index in [9.17, 15) is 0 Å². The molecule has 0 amide bonds. The molecule has 2 rings (SSSR count). The summed E-state index contributed by atoms with van der Waals surface area (Å²) in [5.74, 6) is 1.61. The lowest BCUT2D eigenvalue weighted by Gasteiger charge is -2.26. The Morgan fingerprint density at radius 1 is 0.591 bits per heavy atom. The highest BCUT2D eigenvalue weighted by molar-refractivity contribution is 5.38. The number of rotatable bonds is 7. The highest BCUT2D eigenvalue weighted by Crippen LogP contribution is 2.32. The summed E-state index contributed by atoms with van der Waals surface area (Å²) in [7, 11) is 6.61. The van der Waals surface area contributed by atoms with Crippen LogP contribution in [0, 0.1) is 0 Å². The topological polar surface area (TPSA) is 36.9 Å². The molecule has 0 bridgehead atoms. The van der Waals surface area contributed by atoms with E-state index in [2.05, 4.69) is 0 Å². The Labute approximate surface area is 131 Å². The molecule has 0 N–H and O–H groups in total. The molecule has 22 heavy (non-hydrogen) atoms. The number of benzene rings is 2. The highest BCUT2D eigenvalue weighted by atomic mass is 16.7. The lowest BCUT2D eigenvalue weighted by atomic mass is 9.90. The molecule has 2 aromatic rings. The number of methoxy groups -OCH3 is 4. The van der Waals surface area contributed by atoms with Crippen molar-refractivity contribution in [1.82, 2.24) is 0 Å². The maximum absolute atomic E-state index is 5.50. The van der Waals surface area contributed by atoms with Gasteiger partial charge >= 0.3 is 0 Å². The van der Waals surface area contributed by atoms with E-state index in [1.807, 2.05) is 48.5 Å². The van der Waals surface area contributed by atoms with Crippen LogP contribution < -0.4 is 9.47 Å². The van der Waals surface area contributed by atoms with Crippen LogP contribution in [0.3, 0.4) is 0 Å². The summed E-state index contributed by atoms with van der Waals surface area (Å²) in [5, 5.41) is 0. The van der Waals surface area contributed by atoms with Crippen LogP contribution in [0.2, 0.25) is 0 Å². The Morgan fingerprint density at radius 3 is 1.23 bits per heavy atom. The van der Waals surface area contributed by atoms with E-state index in [0.29, 0.717) is 0 Å². The smallest absolute Gasteiger partial charge is 0.167 e. The van der Waals surface area contributed by atoms with Gasteiger partial charge in [0.05, 0.1) is 20.1 Å². The standard InChI is InChI=1S/C18H22O4/c1-19-15-9-5-13(6-10-15)17(18(21-3)22-4)14-7-11-16(20-2)12-8-14/h5-12,17-18H,1-4H3. The average Bonchev–Trinajstić information content (AvgIpc) is 2.60. The Morgan fingerprint density at radius 2 is 0.955 bits per heavy atom. The molecule has 4 heteroatoms. The van der Waals surface area contributed by atoms with Crippen LogP contribution in [-0.2, 0) is 9.47 Å². The van der Waals surface area contributed by atoms with E-state index < -0.39 is 0 Å². The molecule has 0 aliphatic carbocycles. The lowest BCUT2D eigenvalue weighted by Crippen LogP contribution is -2.24. The summed E-state index contributed by atoms with van der Waals surface area (Å²) in [6.07, 6.45) is -0.373. The van der Waals surface area contributed by atoms with E-state index >= 15 is 0 Å². The third kappa shape index (κ3) is 3.59. The van der Waals surface area contributed by atoms with E-state index in [1.54, 1.807) is 28.4 Å². The minimum absolute atomic E-state index is 0.0354. The highest BCUT2D eigenvalue weighted by Gasteiger charge is 2.25. The number of ether oxygens (including phenoxy) is 4. The first-order chi connectivity index (χ1) is 10.7. The second kappa shape index (κ2) is 7.82. The fraction of sp³-hybridized carbons (Fsp3) is 0.333. The van der Waals surface area contributed by atoms with E-state index in [-0.39, 0.29) is 12.2 Å². The van der Waals surface area contributed by atoms with Gasteiger partial charge in [-0.25, -0.2) is 0 Å². The Hall–Kier alpha value is -2.04. The first-order valence-electron chi connectivity index (χ1n) is 7.07. The van der Waals surface area contributed by atoms with E-state index in [4.69, 9.17) is 18.9 Å². The zero-order valence-corrected chi connectivity index (χ0v) is 13.4. The van der Waals surface area contributed by atoms with Gasteiger partial charge in [-0.15, -0.1) is 0 Å². The zero-order chi connectivity index (χ0) is 15.9. The molecule has 0 heterocycles. The lowest BCUT2D eigenvalue weighted by molar-refractivity contribution is -0.111. The molecular formula is C18H22O4. The Bertz CT molecular complexity index is 511. The molecule has 0 atom stereocenters. The summed E-state index contributed by atoms with van der Waals surface area (Å²) in [6.45, 7) is 0. The van der Waals surface area contributed by atoms with Gasteiger partial charge in [0.25, 0.3) is 0 Å². The predicted molar refractivity (Wildman–Crippen MR) is 85.6 cm³/mol. The SMILES string of the molecule is COc1ccc(C(c2ccc(OC)cc2)C(OC)OC)cc1. The van der Waals surface area contributed by atoms with Gasteiger partial charge in [0.1, 0.15) is 11.5 Å². The average molecular weight is 302 g/mol. The molecule has 0 aliphatic rings. The van der Waals surface area contributed by atoms with E-state index in [0.717, 1.165) is 22.6 Å². The van der Waals surface area contributed by atoms with Crippen molar-refractivity contribution in [2.45, 2.75) is 12.2 Å². The molecule has 0 fully saturated rings. The van der Waals surface area contributed by atoms with Crippen molar-refractivity contribution in [2.75, 3.05) is 28.4 Å². The van der Waals surface area contributed by atoms with Gasteiger partial charge in [-0.3, -0.25) is 0 Å². The maximum atomic E-state index is 5.50. The minimum Gasteiger partial charge on any atom is -0.497 e. The van der Waals surface area contributed by atoms with Crippen molar-refractivity contribution in [2.24, 2.45) is 0 Å². The summed E-state index contributed by atoms with van der Waals surface area (Å²) < 4.78 is 21.4. The van der Waals surface area contributed by atoms with Crippen molar-refractivity contribution in [3.05, 3.63) is 59.7 Å². The monoisotopic (exact) mass is 302 g/mol. The van der Waals surface area contributed by atoms with Crippen molar-refractivity contribution in [3.8, 4) is 11.5 Å².